The van der Waals surface area contributed by atoms with E-state index in [2.05, 4.69) is 26.4 Å². The van der Waals surface area contributed by atoms with Crippen LogP contribution in [-0.2, 0) is 19.2 Å². The summed E-state index contributed by atoms with van der Waals surface area (Å²) in [6.07, 6.45) is -1.35. The van der Waals surface area contributed by atoms with E-state index in [0.29, 0.717) is 0 Å². The smallest absolute Gasteiger partial charge is 0.337 e. The molecule has 0 atom stereocenters. The second-order valence-corrected chi connectivity index (χ2v) is 4.35. The van der Waals surface area contributed by atoms with Crippen LogP contribution in [0.3, 0.4) is 0 Å². The summed E-state index contributed by atoms with van der Waals surface area (Å²) >= 11 is 0. The zero-order chi connectivity index (χ0) is 18.6. The fraction of sp³-hybridized carbons (Fsp3) is 0.636. The summed E-state index contributed by atoms with van der Waals surface area (Å²) in [5, 5.41) is 27.0. The molecule has 4 amide bonds. The molecule has 0 aromatic heterocycles. The molecule has 0 heterocycles. The third kappa shape index (κ3) is 13.8. The van der Waals surface area contributed by atoms with Gasteiger partial charge in [0.25, 0.3) is 0 Å². The monoisotopic (exact) mass is 374 g/mol. The Balaban J connectivity index is 0. The minimum Gasteiger partial charge on any atom is -0.343 e. The summed E-state index contributed by atoms with van der Waals surface area (Å²) < 4.78 is 6.73. The van der Waals surface area contributed by atoms with Gasteiger partial charge in [0.1, 0.15) is 12.8 Å². The topological polar surface area (TPSA) is 181 Å². The van der Waals surface area contributed by atoms with Crippen LogP contribution in [0.15, 0.2) is 0 Å². The molecule has 0 aromatic rings. The van der Waals surface area contributed by atoms with E-state index in [1.54, 1.807) is 24.7 Å². The van der Waals surface area contributed by atoms with Crippen molar-refractivity contribution in [1.82, 2.24) is 31.9 Å². The first kappa shape index (κ1) is 23.4. The average molecular weight is 374 g/mol. The van der Waals surface area contributed by atoms with Gasteiger partial charge in [-0.15, -0.1) is 0 Å². The quantitative estimate of drug-likeness (QED) is 0.100. The molecule has 0 saturated heterocycles. The van der Waals surface area contributed by atoms with Crippen LogP contribution in [0.5, 0.6) is 0 Å². The van der Waals surface area contributed by atoms with Gasteiger partial charge in [-0.05, 0) is 14.1 Å². The van der Waals surface area contributed by atoms with Gasteiger partial charge in [0.05, 0.1) is 13.3 Å². The normalized spacial score (nSPS) is 10.7. The zero-order valence-corrected chi connectivity index (χ0v) is 16.9. The number of rotatable bonds is 11. The van der Waals surface area contributed by atoms with E-state index in [0.717, 1.165) is 0 Å². The first-order valence-electron chi connectivity index (χ1n) is 6.98. The summed E-state index contributed by atoms with van der Waals surface area (Å²) in [6.45, 7) is 0.258. The minimum atomic E-state index is -2.87. The Morgan fingerprint density at radius 1 is 0.875 bits per heavy atom. The minimum absolute atomic E-state index is 0. The van der Waals surface area contributed by atoms with Gasteiger partial charge in [-0.1, -0.05) is 0 Å². The molecule has 0 unspecified atom stereocenters. The second-order valence-electron chi connectivity index (χ2n) is 4.35. The number of carbonyl (C=O) groups excluding carboxylic acids is 4. The molecule has 0 aromatic carbocycles. The van der Waals surface area contributed by atoms with Crippen molar-refractivity contribution in [3.8, 4) is 0 Å². The van der Waals surface area contributed by atoms with Crippen LogP contribution in [0, 0.1) is 0 Å². The number of hydrogen-bond acceptors (Lipinski definition) is 8. The predicted octanol–water partition coefficient (Wildman–Crippen LogP) is -5.20. The van der Waals surface area contributed by atoms with E-state index in [4.69, 9.17) is 1.43 Å². The number of nitrogens with one attached hydrogen (secondary N) is 6. The standard InChI is InChI=1S/C11H22N6O6.K/c1-12-5-14-7(18)3-9(20)16-11(22,23)17-10(21)4-8(19)15-6-13-2;/h12-13,22-23H,3-6H2,1-2H3,(H,14,18)(H,15,19)(H,16,20)(H,17,21);/i22D;. The Morgan fingerprint density at radius 2 is 1.25 bits per heavy atom. The molecule has 0 rings (SSSR count). The largest absolute Gasteiger partial charge is 0.343 e. The Hall–Kier alpha value is -0.644. The number of amides is 4. The number of carbonyl (C=O) groups is 4. The van der Waals surface area contributed by atoms with Crippen molar-refractivity contribution in [2.24, 2.45) is 0 Å². The Kier molecular flexibility index (Phi) is 13.3. The first-order valence-corrected chi connectivity index (χ1v) is 6.57. The predicted molar refractivity (Wildman–Crippen MR) is 82.6 cm³/mol. The maximum absolute atomic E-state index is 11.6. The second kappa shape index (κ2) is 13.6. The van der Waals surface area contributed by atoms with Gasteiger partial charge in [-0.2, -0.15) is 0 Å². The molecule has 0 bridgehead atoms. The van der Waals surface area contributed by atoms with Crippen molar-refractivity contribution in [3.05, 3.63) is 0 Å². The molecule has 24 heavy (non-hydrogen) atoms. The van der Waals surface area contributed by atoms with Crippen LogP contribution in [0.4, 0.5) is 0 Å². The molecule has 0 aliphatic rings. The van der Waals surface area contributed by atoms with E-state index in [9.17, 15) is 24.3 Å². The molecular weight excluding hydrogens is 351 g/mol. The molecule has 8 N–H and O–H groups in total. The van der Waals surface area contributed by atoms with Crippen LogP contribution in [0.25, 0.3) is 0 Å². The van der Waals surface area contributed by atoms with E-state index < -0.39 is 42.5 Å². The number of hydrogen-bond donors (Lipinski definition) is 8. The first-order chi connectivity index (χ1) is 11.3. The van der Waals surface area contributed by atoms with Gasteiger partial charge in [-0.3, -0.25) is 29.8 Å². The molecule has 0 saturated carbocycles. The van der Waals surface area contributed by atoms with Gasteiger partial charge >= 0.3 is 6.03 Å². The Morgan fingerprint density at radius 3 is 1.54 bits per heavy atom. The molecule has 0 aliphatic carbocycles. The maximum Gasteiger partial charge on any atom is 0.337 e. The van der Waals surface area contributed by atoms with E-state index >= 15 is 0 Å². The van der Waals surface area contributed by atoms with E-state index in [-0.39, 0.29) is 64.7 Å². The van der Waals surface area contributed by atoms with Crippen LogP contribution in [0.1, 0.15) is 12.8 Å². The molecule has 1 radical (unpaired) electrons. The zero-order valence-electron chi connectivity index (χ0n) is 14.8. The summed E-state index contributed by atoms with van der Waals surface area (Å²) in [5.41, 5.74) is 0. The summed E-state index contributed by atoms with van der Waals surface area (Å²) in [4.78, 5) is 45.8. The van der Waals surface area contributed by atoms with Crippen LogP contribution in [0.2, 0.25) is 0 Å². The van der Waals surface area contributed by atoms with Crippen molar-refractivity contribution in [2.45, 2.75) is 18.9 Å². The van der Waals surface area contributed by atoms with Crippen molar-refractivity contribution in [3.63, 3.8) is 0 Å². The average Bonchev–Trinajstić information content (AvgIpc) is 2.50. The Labute approximate surface area is 182 Å². The summed E-state index contributed by atoms with van der Waals surface area (Å²) in [7, 11) is 3.16. The van der Waals surface area contributed by atoms with E-state index in [1.165, 1.54) is 0 Å². The maximum atomic E-state index is 11.6. The molecule has 133 valence electrons. The van der Waals surface area contributed by atoms with Crippen molar-refractivity contribution in [1.29, 1.82) is 1.43 Å². The van der Waals surface area contributed by atoms with Crippen molar-refractivity contribution < 1.29 is 29.4 Å². The fourth-order valence-corrected chi connectivity index (χ4v) is 1.29. The molecule has 12 nitrogen and oxygen atoms in total. The van der Waals surface area contributed by atoms with Crippen LogP contribution in [-0.4, -0.2) is 120 Å². The SMILES string of the molecule is [2H]OC(O)(NC(=O)CC(=O)NCNC)NC(=O)CC(=O)NCNC.[K]. The Bertz CT molecular complexity index is 432. The summed E-state index contributed by atoms with van der Waals surface area (Å²) in [5.74, 6) is -3.35. The van der Waals surface area contributed by atoms with E-state index in [1.807, 2.05) is 0 Å². The molecule has 0 fully saturated rings. The molecule has 0 aliphatic heterocycles. The van der Waals surface area contributed by atoms with Gasteiger partial charge in [0, 0.05) is 51.4 Å². The third-order valence-electron chi connectivity index (χ3n) is 2.18. The van der Waals surface area contributed by atoms with Crippen LogP contribution >= 0.6 is 0 Å². The molecule has 13 heteroatoms. The summed E-state index contributed by atoms with van der Waals surface area (Å²) in [6, 6.07) is -2.87. The van der Waals surface area contributed by atoms with Gasteiger partial charge in [-0.25, -0.2) is 0 Å². The third-order valence-corrected chi connectivity index (χ3v) is 2.18. The molecular formula is C11H22KN6O6. The van der Waals surface area contributed by atoms with Crippen molar-refractivity contribution in [2.75, 3.05) is 27.4 Å². The number of aliphatic hydroxyl groups is 2. The van der Waals surface area contributed by atoms with Gasteiger partial charge < -0.3 is 31.5 Å². The van der Waals surface area contributed by atoms with Gasteiger partial charge in [0.15, 0.2) is 0 Å². The van der Waals surface area contributed by atoms with Crippen molar-refractivity contribution >= 4 is 75.0 Å². The van der Waals surface area contributed by atoms with Gasteiger partial charge in [0.2, 0.25) is 25.1 Å². The van der Waals surface area contributed by atoms with Crippen LogP contribution < -0.4 is 31.9 Å². The fourth-order valence-electron chi connectivity index (χ4n) is 1.29. The molecule has 0 spiro atoms.